The average Bonchev–Trinajstić information content (AvgIpc) is 3.25. The van der Waals surface area contributed by atoms with E-state index in [4.69, 9.17) is 9.26 Å². The van der Waals surface area contributed by atoms with Crippen LogP contribution >= 0.6 is 0 Å². The minimum absolute atomic E-state index is 0.0499. The molecule has 2 heterocycles. The Morgan fingerprint density at radius 2 is 1.93 bits per heavy atom. The molecule has 158 valence electrons. The molecule has 0 spiro atoms. The predicted molar refractivity (Wildman–Crippen MR) is 111 cm³/mol. The molecule has 0 radical (unpaired) electrons. The number of ether oxygens (including phenoxy) is 1. The van der Waals surface area contributed by atoms with Crippen LogP contribution in [-0.2, 0) is 12.0 Å². The molecule has 8 heteroatoms. The van der Waals surface area contributed by atoms with Crippen molar-refractivity contribution in [2.24, 2.45) is 0 Å². The molecular weight excluding hydrogens is 384 g/mol. The third kappa shape index (κ3) is 4.76. The summed E-state index contributed by atoms with van der Waals surface area (Å²) in [6.45, 7) is 8.31. The van der Waals surface area contributed by atoms with Gasteiger partial charge in [-0.05, 0) is 30.0 Å². The van der Waals surface area contributed by atoms with Gasteiger partial charge in [0.05, 0.1) is 6.04 Å². The molecule has 0 saturated heterocycles. The lowest BCUT2D eigenvalue weighted by molar-refractivity contribution is 0.0735. The van der Waals surface area contributed by atoms with Crippen molar-refractivity contribution in [3.8, 4) is 5.75 Å². The molecule has 30 heavy (non-hydrogen) atoms. The highest BCUT2D eigenvalue weighted by Crippen LogP contribution is 2.24. The minimum atomic E-state index is -0.518. The second kappa shape index (κ2) is 8.52. The van der Waals surface area contributed by atoms with Gasteiger partial charge >= 0.3 is 0 Å². The fourth-order valence-corrected chi connectivity index (χ4v) is 2.86. The smallest absolute Gasteiger partial charge is 0.263 e. The third-order valence-electron chi connectivity index (χ3n) is 4.97. The molecule has 1 atom stereocenters. The molecule has 0 saturated carbocycles. The maximum absolute atomic E-state index is 12.7. The quantitative estimate of drug-likeness (QED) is 0.668. The van der Waals surface area contributed by atoms with Crippen LogP contribution in [0.1, 0.15) is 61.2 Å². The van der Waals surface area contributed by atoms with Crippen LogP contribution in [0.3, 0.4) is 0 Å². The topological polar surface area (TPSA) is 101 Å². The van der Waals surface area contributed by atoms with Crippen LogP contribution in [0.4, 0.5) is 0 Å². The maximum atomic E-state index is 12.7. The van der Waals surface area contributed by atoms with E-state index in [1.807, 2.05) is 24.3 Å². The van der Waals surface area contributed by atoms with Gasteiger partial charge in [0, 0.05) is 19.3 Å². The second-order valence-corrected chi connectivity index (χ2v) is 8.15. The first-order valence-corrected chi connectivity index (χ1v) is 9.66. The molecule has 0 aliphatic heterocycles. The molecule has 2 aromatic heterocycles. The summed E-state index contributed by atoms with van der Waals surface area (Å²) in [5, 5.41) is 3.83. The van der Waals surface area contributed by atoms with Crippen molar-refractivity contribution in [1.82, 2.24) is 20.0 Å². The lowest BCUT2D eigenvalue weighted by Crippen LogP contribution is -2.34. The van der Waals surface area contributed by atoms with E-state index in [9.17, 15) is 9.59 Å². The summed E-state index contributed by atoms with van der Waals surface area (Å²) >= 11 is 0. The number of benzene rings is 1. The van der Waals surface area contributed by atoms with Gasteiger partial charge in [-0.3, -0.25) is 9.59 Å². The molecule has 1 N–H and O–H groups in total. The van der Waals surface area contributed by atoms with Gasteiger partial charge < -0.3 is 19.1 Å². The zero-order valence-electron chi connectivity index (χ0n) is 17.8. The van der Waals surface area contributed by atoms with Gasteiger partial charge in [0.2, 0.25) is 0 Å². The van der Waals surface area contributed by atoms with E-state index in [0.717, 1.165) is 0 Å². The molecule has 0 unspecified atom stereocenters. The summed E-state index contributed by atoms with van der Waals surface area (Å²) in [6, 6.07) is 9.12. The van der Waals surface area contributed by atoms with Crippen molar-refractivity contribution < 1.29 is 14.1 Å². The Hall–Kier alpha value is -3.42. The molecule has 1 amide bonds. The first kappa shape index (κ1) is 21.3. The number of H-pyrrole nitrogens is 1. The number of carbonyl (C=O) groups excluding carboxylic acids is 1. The van der Waals surface area contributed by atoms with Gasteiger partial charge in [-0.1, -0.05) is 38.1 Å². The van der Waals surface area contributed by atoms with Gasteiger partial charge in [0.15, 0.2) is 0 Å². The van der Waals surface area contributed by atoms with Crippen molar-refractivity contribution >= 4 is 5.91 Å². The van der Waals surface area contributed by atoms with Gasteiger partial charge in [0.1, 0.15) is 35.7 Å². The Morgan fingerprint density at radius 3 is 2.50 bits per heavy atom. The van der Waals surface area contributed by atoms with Gasteiger partial charge in [-0.2, -0.15) is 0 Å². The molecule has 3 rings (SSSR count). The van der Waals surface area contributed by atoms with Crippen LogP contribution in [0.15, 0.2) is 52.1 Å². The summed E-state index contributed by atoms with van der Waals surface area (Å²) in [7, 11) is 1.60. The Balaban J connectivity index is 1.66. The first-order chi connectivity index (χ1) is 14.2. The number of rotatable bonds is 6. The van der Waals surface area contributed by atoms with Gasteiger partial charge in [-0.15, -0.1) is 0 Å². The number of aromatic nitrogens is 3. The fourth-order valence-electron chi connectivity index (χ4n) is 2.86. The normalized spacial score (nSPS) is 12.4. The largest absolute Gasteiger partial charge is 0.486 e. The van der Waals surface area contributed by atoms with E-state index in [1.54, 1.807) is 20.0 Å². The molecule has 0 aliphatic rings. The lowest BCUT2D eigenvalue weighted by Gasteiger charge is -2.22. The summed E-state index contributed by atoms with van der Waals surface area (Å²) in [5.41, 5.74) is 1.29. The molecule has 0 bridgehead atoms. The number of amides is 1. The second-order valence-electron chi connectivity index (χ2n) is 8.15. The number of aromatic amines is 1. The van der Waals surface area contributed by atoms with E-state index in [-0.39, 0.29) is 23.6 Å². The Morgan fingerprint density at radius 1 is 1.23 bits per heavy atom. The molecule has 0 aliphatic carbocycles. The van der Waals surface area contributed by atoms with E-state index < -0.39 is 11.5 Å². The van der Waals surface area contributed by atoms with Crippen LogP contribution in [0.2, 0.25) is 0 Å². The first-order valence-electron chi connectivity index (χ1n) is 9.66. The van der Waals surface area contributed by atoms with Crippen molar-refractivity contribution in [3.05, 3.63) is 75.8 Å². The molecule has 0 fully saturated rings. The van der Waals surface area contributed by atoms with Crippen molar-refractivity contribution in [3.63, 3.8) is 0 Å². The third-order valence-corrected chi connectivity index (χ3v) is 4.97. The molecule has 1 aromatic carbocycles. The Bertz CT molecular complexity index is 1050. The summed E-state index contributed by atoms with van der Waals surface area (Å²) in [6.07, 6.45) is 2.71. The van der Waals surface area contributed by atoms with E-state index in [0.29, 0.717) is 17.3 Å². The fraction of sp³-hybridized carbons (Fsp3) is 0.364. The van der Waals surface area contributed by atoms with Crippen LogP contribution < -0.4 is 10.3 Å². The summed E-state index contributed by atoms with van der Waals surface area (Å²) < 4.78 is 10.5. The predicted octanol–water partition coefficient (Wildman–Crippen LogP) is 3.47. The molecular formula is C22H26N4O4. The van der Waals surface area contributed by atoms with Crippen molar-refractivity contribution in [1.29, 1.82) is 0 Å². The lowest BCUT2D eigenvalue weighted by atomic mass is 9.87. The van der Waals surface area contributed by atoms with Crippen molar-refractivity contribution in [2.75, 3.05) is 7.05 Å². The van der Waals surface area contributed by atoms with Crippen LogP contribution in [0.5, 0.6) is 5.75 Å². The number of hydrogen-bond donors (Lipinski definition) is 1. The van der Waals surface area contributed by atoms with E-state index >= 15 is 0 Å². The van der Waals surface area contributed by atoms with Crippen molar-refractivity contribution in [2.45, 2.75) is 45.8 Å². The van der Waals surface area contributed by atoms with E-state index in [2.05, 4.69) is 35.9 Å². The molecule has 8 nitrogen and oxygen atoms in total. The summed E-state index contributed by atoms with van der Waals surface area (Å²) in [5.74, 6) is 0.556. The number of nitrogens with zero attached hydrogens (tertiary/aromatic N) is 3. The number of carbonyl (C=O) groups is 1. The van der Waals surface area contributed by atoms with Crippen LogP contribution in [0.25, 0.3) is 0 Å². The highest BCUT2D eigenvalue weighted by molar-refractivity contribution is 5.93. The van der Waals surface area contributed by atoms with E-state index in [1.165, 1.54) is 22.9 Å². The van der Waals surface area contributed by atoms with Gasteiger partial charge in [-0.25, -0.2) is 4.98 Å². The number of nitrogens with one attached hydrogen (secondary N) is 1. The Labute approximate surface area is 174 Å². The average molecular weight is 410 g/mol. The highest BCUT2D eigenvalue weighted by atomic mass is 16.5. The SMILES string of the molecule is C[C@H](c1ccon1)N(C)C(=O)c1cnc(COc2ccc(C(C)(C)C)cc2)[nH]c1=O. The standard InChI is InChI=1S/C22H26N4O4/c1-14(18-10-11-30-25-18)26(5)21(28)17-12-23-19(24-20(17)27)13-29-16-8-6-15(7-9-16)22(2,3)4/h6-12,14H,13H2,1-5H3,(H,23,24,27)/t14-/m1/s1. The monoisotopic (exact) mass is 410 g/mol. The van der Waals surface area contributed by atoms with Crippen LogP contribution in [0, 0.1) is 0 Å². The highest BCUT2D eigenvalue weighted by Gasteiger charge is 2.23. The Kier molecular flexibility index (Phi) is 6.05. The van der Waals surface area contributed by atoms with Gasteiger partial charge in [0.25, 0.3) is 11.5 Å². The molecule has 3 aromatic rings. The zero-order valence-corrected chi connectivity index (χ0v) is 17.8. The summed E-state index contributed by atoms with van der Waals surface area (Å²) in [4.78, 5) is 33.3. The van der Waals surface area contributed by atoms with Crippen LogP contribution in [-0.4, -0.2) is 33.0 Å². The number of hydrogen-bond acceptors (Lipinski definition) is 6. The zero-order chi connectivity index (χ0) is 21.9. The maximum Gasteiger partial charge on any atom is 0.263 e. The minimum Gasteiger partial charge on any atom is -0.486 e.